The molecule has 0 aromatic heterocycles. The third-order valence-electron chi connectivity index (χ3n) is 3.24. The van der Waals surface area contributed by atoms with Gasteiger partial charge in [-0.2, -0.15) is 0 Å². The number of imide groups is 1. The van der Waals surface area contributed by atoms with Crippen molar-refractivity contribution in [1.82, 2.24) is 4.90 Å². The molecule has 0 unspecified atom stereocenters. The van der Waals surface area contributed by atoms with Crippen molar-refractivity contribution in [2.75, 3.05) is 25.0 Å². The standard InChI is InChI=1S/C15H19N3O4.ClH/c16-8-10-22-12-3-1-11(2-4-12)17-13(19)7-9-18-14(20)5-6-15(18)21;/h1-4H,5-10,16H2,(H,17,19);1H. The van der Waals surface area contributed by atoms with Crippen molar-refractivity contribution in [3.05, 3.63) is 24.3 Å². The number of nitrogens with one attached hydrogen (secondary N) is 1. The van der Waals surface area contributed by atoms with E-state index >= 15 is 0 Å². The molecular formula is C15H20ClN3O4. The van der Waals surface area contributed by atoms with Crippen molar-refractivity contribution < 1.29 is 19.1 Å². The molecule has 7 nitrogen and oxygen atoms in total. The smallest absolute Gasteiger partial charge is 0.229 e. The van der Waals surface area contributed by atoms with Crippen LogP contribution in [0.3, 0.4) is 0 Å². The SMILES string of the molecule is Cl.NCCOc1ccc(NC(=O)CCN2C(=O)CCC2=O)cc1. The number of ether oxygens (including phenoxy) is 1. The zero-order chi connectivity index (χ0) is 15.9. The highest BCUT2D eigenvalue weighted by molar-refractivity contribution is 6.02. The molecule has 3 amide bonds. The first-order chi connectivity index (χ1) is 10.6. The van der Waals surface area contributed by atoms with Crippen LogP contribution in [0.4, 0.5) is 5.69 Å². The zero-order valence-corrected chi connectivity index (χ0v) is 13.4. The summed E-state index contributed by atoms with van der Waals surface area (Å²) in [6.45, 7) is 0.997. The number of benzene rings is 1. The van der Waals surface area contributed by atoms with Gasteiger partial charge >= 0.3 is 0 Å². The van der Waals surface area contributed by atoms with Crippen LogP contribution in [-0.4, -0.2) is 42.3 Å². The normalized spacial score (nSPS) is 13.7. The molecule has 0 atom stereocenters. The van der Waals surface area contributed by atoms with Gasteiger partial charge in [0.05, 0.1) is 0 Å². The molecular weight excluding hydrogens is 322 g/mol. The van der Waals surface area contributed by atoms with Crippen molar-refractivity contribution in [2.24, 2.45) is 5.73 Å². The number of halogens is 1. The first kappa shape index (κ1) is 18.9. The van der Waals surface area contributed by atoms with Gasteiger partial charge in [0.2, 0.25) is 17.7 Å². The molecule has 3 N–H and O–H groups in total. The van der Waals surface area contributed by atoms with Gasteiger partial charge in [0, 0.05) is 38.0 Å². The lowest BCUT2D eigenvalue weighted by atomic mass is 10.3. The second kappa shape index (κ2) is 9.12. The second-order valence-electron chi connectivity index (χ2n) is 4.90. The first-order valence-corrected chi connectivity index (χ1v) is 7.16. The van der Waals surface area contributed by atoms with Gasteiger partial charge in [-0.05, 0) is 24.3 Å². The van der Waals surface area contributed by atoms with Crippen molar-refractivity contribution in [3.63, 3.8) is 0 Å². The molecule has 1 heterocycles. The van der Waals surface area contributed by atoms with E-state index < -0.39 is 0 Å². The minimum absolute atomic E-state index is 0. The van der Waals surface area contributed by atoms with Gasteiger partial charge in [0.25, 0.3) is 0 Å². The molecule has 0 spiro atoms. The number of carbonyl (C=O) groups excluding carboxylic acids is 3. The van der Waals surface area contributed by atoms with Gasteiger partial charge in [0.1, 0.15) is 12.4 Å². The monoisotopic (exact) mass is 341 g/mol. The van der Waals surface area contributed by atoms with Crippen LogP contribution in [0.15, 0.2) is 24.3 Å². The Bertz CT molecular complexity index is 546. The Morgan fingerprint density at radius 3 is 2.35 bits per heavy atom. The summed E-state index contributed by atoms with van der Waals surface area (Å²) in [6.07, 6.45) is 0.568. The molecule has 1 saturated heterocycles. The molecule has 8 heteroatoms. The summed E-state index contributed by atoms with van der Waals surface area (Å²) in [6, 6.07) is 6.91. The number of anilines is 1. The maximum Gasteiger partial charge on any atom is 0.229 e. The van der Waals surface area contributed by atoms with Crippen LogP contribution >= 0.6 is 12.4 Å². The molecule has 1 fully saturated rings. The number of likely N-dealkylation sites (tertiary alicyclic amines) is 1. The molecule has 0 bridgehead atoms. The Labute approximate surface area is 140 Å². The van der Waals surface area contributed by atoms with E-state index in [1.54, 1.807) is 24.3 Å². The van der Waals surface area contributed by atoms with Crippen LogP contribution in [0.5, 0.6) is 5.75 Å². The summed E-state index contributed by atoms with van der Waals surface area (Å²) in [5.41, 5.74) is 5.97. The molecule has 1 aromatic rings. The largest absolute Gasteiger partial charge is 0.492 e. The van der Waals surface area contributed by atoms with Crippen LogP contribution in [0.2, 0.25) is 0 Å². The minimum atomic E-state index is -0.247. The van der Waals surface area contributed by atoms with Gasteiger partial charge < -0.3 is 15.8 Å². The average molecular weight is 342 g/mol. The Morgan fingerprint density at radius 2 is 1.78 bits per heavy atom. The Balaban J connectivity index is 0.00000264. The van der Waals surface area contributed by atoms with Crippen LogP contribution in [0.25, 0.3) is 0 Å². The first-order valence-electron chi connectivity index (χ1n) is 7.16. The number of amides is 3. The van der Waals surface area contributed by atoms with Crippen molar-refractivity contribution in [1.29, 1.82) is 0 Å². The van der Waals surface area contributed by atoms with Crippen LogP contribution in [0, 0.1) is 0 Å². The van der Waals surface area contributed by atoms with E-state index in [-0.39, 0.29) is 55.9 Å². The van der Waals surface area contributed by atoms with E-state index in [1.165, 1.54) is 0 Å². The molecule has 126 valence electrons. The summed E-state index contributed by atoms with van der Waals surface area (Å²) in [5, 5.41) is 2.71. The lowest BCUT2D eigenvalue weighted by Gasteiger charge is -2.13. The van der Waals surface area contributed by atoms with E-state index in [1.807, 2.05) is 0 Å². The van der Waals surface area contributed by atoms with Gasteiger partial charge in [-0.1, -0.05) is 0 Å². The van der Waals surface area contributed by atoms with Gasteiger partial charge in [-0.15, -0.1) is 12.4 Å². The number of carbonyl (C=O) groups is 3. The fourth-order valence-electron chi connectivity index (χ4n) is 2.12. The average Bonchev–Trinajstić information content (AvgIpc) is 2.83. The summed E-state index contributed by atoms with van der Waals surface area (Å²) in [7, 11) is 0. The van der Waals surface area contributed by atoms with Crippen molar-refractivity contribution in [3.8, 4) is 5.75 Å². The van der Waals surface area contributed by atoms with E-state index in [2.05, 4.69) is 5.32 Å². The Kier molecular flexibility index (Phi) is 7.50. The number of rotatable bonds is 7. The highest BCUT2D eigenvalue weighted by atomic mass is 35.5. The minimum Gasteiger partial charge on any atom is -0.492 e. The van der Waals surface area contributed by atoms with E-state index in [9.17, 15) is 14.4 Å². The fraction of sp³-hybridized carbons (Fsp3) is 0.400. The van der Waals surface area contributed by atoms with Crippen LogP contribution in [-0.2, 0) is 14.4 Å². The molecule has 1 aromatic carbocycles. The van der Waals surface area contributed by atoms with Crippen LogP contribution < -0.4 is 15.8 Å². The van der Waals surface area contributed by atoms with E-state index in [4.69, 9.17) is 10.5 Å². The Hall–Kier alpha value is -2.12. The highest BCUT2D eigenvalue weighted by Crippen LogP contribution is 2.16. The van der Waals surface area contributed by atoms with E-state index in [0.717, 1.165) is 4.90 Å². The van der Waals surface area contributed by atoms with Gasteiger partial charge in [-0.25, -0.2) is 0 Å². The van der Waals surface area contributed by atoms with E-state index in [0.29, 0.717) is 24.6 Å². The molecule has 0 saturated carbocycles. The molecule has 1 aliphatic heterocycles. The summed E-state index contributed by atoms with van der Waals surface area (Å²) >= 11 is 0. The molecule has 1 aliphatic rings. The summed E-state index contributed by atoms with van der Waals surface area (Å²) < 4.78 is 5.33. The number of nitrogens with zero attached hydrogens (tertiary/aromatic N) is 1. The number of hydrogen-bond acceptors (Lipinski definition) is 5. The number of nitrogens with two attached hydrogens (primary N) is 1. The quantitative estimate of drug-likeness (QED) is 0.718. The predicted molar refractivity (Wildman–Crippen MR) is 87.4 cm³/mol. The van der Waals surface area contributed by atoms with Gasteiger partial charge in [0.15, 0.2) is 0 Å². The molecule has 0 aliphatic carbocycles. The maximum absolute atomic E-state index is 11.8. The zero-order valence-electron chi connectivity index (χ0n) is 12.6. The van der Waals surface area contributed by atoms with Crippen LogP contribution in [0.1, 0.15) is 19.3 Å². The molecule has 2 rings (SSSR count). The maximum atomic E-state index is 11.8. The second-order valence-corrected chi connectivity index (χ2v) is 4.90. The summed E-state index contributed by atoms with van der Waals surface area (Å²) in [4.78, 5) is 35.8. The third kappa shape index (κ3) is 5.54. The fourth-order valence-corrected chi connectivity index (χ4v) is 2.12. The molecule has 23 heavy (non-hydrogen) atoms. The third-order valence-corrected chi connectivity index (χ3v) is 3.24. The molecule has 0 radical (unpaired) electrons. The lowest BCUT2D eigenvalue weighted by molar-refractivity contribution is -0.138. The Morgan fingerprint density at radius 1 is 1.17 bits per heavy atom. The lowest BCUT2D eigenvalue weighted by Crippen LogP contribution is -2.32. The number of hydrogen-bond donors (Lipinski definition) is 2. The van der Waals surface area contributed by atoms with Crippen molar-refractivity contribution >= 4 is 35.8 Å². The van der Waals surface area contributed by atoms with Gasteiger partial charge in [-0.3, -0.25) is 19.3 Å². The topological polar surface area (TPSA) is 102 Å². The summed E-state index contributed by atoms with van der Waals surface area (Å²) in [5.74, 6) is 0.0123. The van der Waals surface area contributed by atoms with Crippen molar-refractivity contribution in [2.45, 2.75) is 19.3 Å². The predicted octanol–water partition coefficient (Wildman–Crippen LogP) is 0.923. The highest BCUT2D eigenvalue weighted by Gasteiger charge is 2.28.